The lowest BCUT2D eigenvalue weighted by Crippen LogP contribution is -2.34. The first kappa shape index (κ1) is 10.1. The van der Waals surface area contributed by atoms with E-state index in [1.807, 2.05) is 29.2 Å². The number of aliphatic carboxylic acids is 1. The van der Waals surface area contributed by atoms with E-state index in [9.17, 15) is 4.79 Å². The lowest BCUT2D eigenvalue weighted by Gasteiger charge is -2.28. The first-order valence-corrected chi connectivity index (χ1v) is 5.38. The molecular weight excluding hydrogens is 192 g/mol. The monoisotopic (exact) mass is 208 g/mol. The minimum atomic E-state index is -0.658. The van der Waals surface area contributed by atoms with Crippen molar-refractivity contribution in [3.63, 3.8) is 0 Å². The molecule has 1 aromatic rings. The van der Waals surface area contributed by atoms with E-state index < -0.39 is 5.97 Å². The van der Waals surface area contributed by atoms with Crippen molar-refractivity contribution >= 4 is 5.97 Å². The van der Waals surface area contributed by atoms with Crippen LogP contribution in [0.5, 0.6) is 0 Å². The van der Waals surface area contributed by atoms with E-state index in [4.69, 9.17) is 5.11 Å². The van der Waals surface area contributed by atoms with Gasteiger partial charge >= 0.3 is 5.97 Å². The van der Waals surface area contributed by atoms with E-state index in [0.717, 1.165) is 25.7 Å². The fourth-order valence-electron chi connectivity index (χ4n) is 2.16. The SMILES string of the molecule is O=C(O)C1CCCC(Nn2cccc2)C1. The van der Waals surface area contributed by atoms with Crippen LogP contribution in [0.1, 0.15) is 25.7 Å². The lowest BCUT2D eigenvalue weighted by molar-refractivity contribution is -0.142. The Balaban J connectivity index is 1.90. The molecule has 2 rings (SSSR count). The molecule has 1 aromatic heterocycles. The Bertz CT molecular complexity index is 321. The second kappa shape index (κ2) is 4.38. The number of rotatable bonds is 3. The highest BCUT2D eigenvalue weighted by Gasteiger charge is 2.26. The molecule has 15 heavy (non-hydrogen) atoms. The van der Waals surface area contributed by atoms with Crippen LogP contribution in [0.2, 0.25) is 0 Å². The molecule has 2 atom stereocenters. The maximum atomic E-state index is 10.9. The van der Waals surface area contributed by atoms with Crippen molar-refractivity contribution < 1.29 is 9.90 Å². The molecule has 1 heterocycles. The van der Waals surface area contributed by atoms with Crippen molar-refractivity contribution in [2.75, 3.05) is 5.43 Å². The van der Waals surface area contributed by atoms with Crippen LogP contribution in [0, 0.1) is 5.92 Å². The van der Waals surface area contributed by atoms with E-state index in [0.29, 0.717) is 0 Å². The summed E-state index contributed by atoms with van der Waals surface area (Å²) in [5, 5.41) is 8.95. The average molecular weight is 208 g/mol. The number of carbonyl (C=O) groups is 1. The van der Waals surface area contributed by atoms with Gasteiger partial charge in [-0.1, -0.05) is 6.42 Å². The Labute approximate surface area is 88.9 Å². The first-order chi connectivity index (χ1) is 7.25. The maximum absolute atomic E-state index is 10.9. The molecule has 0 amide bonds. The van der Waals surface area contributed by atoms with Crippen LogP contribution >= 0.6 is 0 Å². The van der Waals surface area contributed by atoms with Crippen molar-refractivity contribution in [2.24, 2.45) is 5.92 Å². The predicted octanol–water partition coefficient (Wildman–Crippen LogP) is 1.67. The molecule has 0 saturated heterocycles. The number of hydrogen-bond acceptors (Lipinski definition) is 2. The normalized spacial score (nSPS) is 26.1. The van der Waals surface area contributed by atoms with Gasteiger partial charge in [-0.15, -0.1) is 0 Å². The van der Waals surface area contributed by atoms with Gasteiger partial charge in [0.1, 0.15) is 0 Å². The molecule has 0 aromatic carbocycles. The molecule has 0 bridgehead atoms. The van der Waals surface area contributed by atoms with Crippen molar-refractivity contribution in [1.82, 2.24) is 4.68 Å². The van der Waals surface area contributed by atoms with Gasteiger partial charge in [0.05, 0.1) is 5.92 Å². The fraction of sp³-hybridized carbons (Fsp3) is 0.545. The van der Waals surface area contributed by atoms with Crippen LogP contribution < -0.4 is 5.43 Å². The number of aromatic nitrogens is 1. The summed E-state index contributed by atoms with van der Waals surface area (Å²) < 4.78 is 1.90. The molecule has 1 fully saturated rings. The number of carboxylic acids is 1. The van der Waals surface area contributed by atoms with Crippen LogP contribution in [-0.2, 0) is 4.79 Å². The van der Waals surface area contributed by atoms with Crippen molar-refractivity contribution in [1.29, 1.82) is 0 Å². The van der Waals surface area contributed by atoms with E-state index in [1.54, 1.807) is 0 Å². The highest BCUT2D eigenvalue weighted by atomic mass is 16.4. The van der Waals surface area contributed by atoms with E-state index in [1.165, 1.54) is 0 Å². The van der Waals surface area contributed by atoms with E-state index >= 15 is 0 Å². The summed E-state index contributed by atoms with van der Waals surface area (Å²) in [5.74, 6) is -0.833. The highest BCUT2D eigenvalue weighted by molar-refractivity contribution is 5.70. The summed E-state index contributed by atoms with van der Waals surface area (Å²) in [6.07, 6.45) is 7.47. The number of nitrogens with one attached hydrogen (secondary N) is 1. The smallest absolute Gasteiger partial charge is 0.306 e. The molecule has 2 N–H and O–H groups in total. The van der Waals surface area contributed by atoms with Crippen molar-refractivity contribution in [3.8, 4) is 0 Å². The van der Waals surface area contributed by atoms with Gasteiger partial charge < -0.3 is 10.5 Å². The standard InChI is InChI=1S/C11H16N2O2/c14-11(15)9-4-3-5-10(8-9)12-13-6-1-2-7-13/h1-2,6-7,9-10,12H,3-5,8H2,(H,14,15). The Morgan fingerprint density at radius 2 is 2.07 bits per heavy atom. The van der Waals surface area contributed by atoms with Gasteiger partial charge in [-0.05, 0) is 31.4 Å². The van der Waals surface area contributed by atoms with Gasteiger partial charge in [-0.3, -0.25) is 9.47 Å². The van der Waals surface area contributed by atoms with Crippen LogP contribution in [0.15, 0.2) is 24.5 Å². The number of carboxylic acid groups (broad SMARTS) is 1. The first-order valence-electron chi connectivity index (χ1n) is 5.38. The second-order valence-electron chi connectivity index (χ2n) is 4.12. The third-order valence-electron chi connectivity index (χ3n) is 2.96. The Hall–Kier alpha value is -1.45. The molecule has 0 radical (unpaired) electrons. The van der Waals surface area contributed by atoms with E-state index in [-0.39, 0.29) is 12.0 Å². The molecule has 4 heteroatoms. The zero-order valence-corrected chi connectivity index (χ0v) is 8.60. The predicted molar refractivity (Wildman–Crippen MR) is 57.2 cm³/mol. The minimum Gasteiger partial charge on any atom is -0.481 e. The number of hydrogen-bond donors (Lipinski definition) is 2. The van der Waals surface area contributed by atoms with Gasteiger partial charge in [0.15, 0.2) is 0 Å². The van der Waals surface area contributed by atoms with Crippen molar-refractivity contribution in [2.45, 2.75) is 31.7 Å². The molecule has 1 aliphatic carbocycles. The summed E-state index contributed by atoms with van der Waals surface area (Å²) in [5.41, 5.74) is 3.30. The average Bonchev–Trinajstić information content (AvgIpc) is 2.71. The molecule has 1 saturated carbocycles. The molecule has 0 aliphatic heterocycles. The van der Waals surface area contributed by atoms with Gasteiger partial charge in [-0.25, -0.2) is 0 Å². The maximum Gasteiger partial charge on any atom is 0.306 e. The highest BCUT2D eigenvalue weighted by Crippen LogP contribution is 2.24. The minimum absolute atomic E-state index is 0.174. The van der Waals surface area contributed by atoms with Crippen LogP contribution in [0.4, 0.5) is 0 Å². The van der Waals surface area contributed by atoms with E-state index in [2.05, 4.69) is 5.43 Å². The fourth-order valence-corrected chi connectivity index (χ4v) is 2.16. The zero-order valence-electron chi connectivity index (χ0n) is 8.60. The largest absolute Gasteiger partial charge is 0.481 e. The lowest BCUT2D eigenvalue weighted by atomic mass is 9.86. The second-order valence-corrected chi connectivity index (χ2v) is 4.12. The summed E-state index contributed by atoms with van der Waals surface area (Å²) in [7, 11) is 0. The Kier molecular flexibility index (Phi) is 2.94. The summed E-state index contributed by atoms with van der Waals surface area (Å²) in [6, 6.07) is 4.18. The third kappa shape index (κ3) is 2.52. The van der Waals surface area contributed by atoms with Gasteiger partial charge in [0.25, 0.3) is 0 Å². The number of nitrogens with zero attached hydrogens (tertiary/aromatic N) is 1. The van der Waals surface area contributed by atoms with Gasteiger partial charge in [0, 0.05) is 18.4 Å². The summed E-state index contributed by atoms with van der Waals surface area (Å²) in [6.45, 7) is 0. The molecule has 4 nitrogen and oxygen atoms in total. The van der Waals surface area contributed by atoms with Crippen LogP contribution in [0.3, 0.4) is 0 Å². The quantitative estimate of drug-likeness (QED) is 0.794. The van der Waals surface area contributed by atoms with Crippen LogP contribution in [0.25, 0.3) is 0 Å². The van der Waals surface area contributed by atoms with Crippen molar-refractivity contribution in [3.05, 3.63) is 24.5 Å². The zero-order chi connectivity index (χ0) is 10.7. The summed E-state index contributed by atoms with van der Waals surface area (Å²) in [4.78, 5) is 10.9. The topological polar surface area (TPSA) is 54.3 Å². The molecular formula is C11H16N2O2. The molecule has 2 unspecified atom stereocenters. The van der Waals surface area contributed by atoms with Gasteiger partial charge in [0.2, 0.25) is 0 Å². The molecule has 82 valence electrons. The summed E-state index contributed by atoms with van der Waals surface area (Å²) >= 11 is 0. The molecule has 1 aliphatic rings. The Morgan fingerprint density at radius 1 is 1.33 bits per heavy atom. The van der Waals surface area contributed by atoms with Gasteiger partial charge in [-0.2, -0.15) is 0 Å². The third-order valence-corrected chi connectivity index (χ3v) is 2.96. The molecule has 0 spiro atoms. The van der Waals surface area contributed by atoms with Crippen LogP contribution in [-0.4, -0.2) is 21.8 Å². The Morgan fingerprint density at radius 3 is 2.73 bits per heavy atom.